The fourth-order valence-electron chi connectivity index (χ4n) is 3.53. The van der Waals surface area contributed by atoms with E-state index in [-0.39, 0.29) is 11.9 Å². The second kappa shape index (κ2) is 8.43. The average molecular weight is 446 g/mol. The minimum atomic E-state index is 0.0333. The Hall–Kier alpha value is -2.21. The van der Waals surface area contributed by atoms with Crippen molar-refractivity contribution in [2.45, 2.75) is 31.7 Å². The highest BCUT2D eigenvalue weighted by Crippen LogP contribution is 2.43. The smallest absolute Gasteiger partial charge is 0.220 e. The van der Waals surface area contributed by atoms with Gasteiger partial charge in [-0.1, -0.05) is 12.1 Å². The summed E-state index contributed by atoms with van der Waals surface area (Å²) in [5.74, 6) is 2.91. The van der Waals surface area contributed by atoms with Crippen LogP contribution in [0, 0.1) is 5.92 Å². The first-order valence-corrected chi connectivity index (χ1v) is 10.4. The third-order valence-corrected chi connectivity index (χ3v) is 5.81. The predicted octanol–water partition coefficient (Wildman–Crippen LogP) is 4.43. The number of amides is 1. The molecular weight excluding hydrogens is 422 g/mol. The Morgan fingerprint density at radius 1 is 1.18 bits per heavy atom. The van der Waals surface area contributed by atoms with E-state index in [4.69, 9.17) is 14.2 Å². The molecule has 28 heavy (non-hydrogen) atoms. The molecule has 0 bridgehead atoms. The van der Waals surface area contributed by atoms with Gasteiger partial charge in [0.25, 0.3) is 0 Å². The molecule has 2 aromatic carbocycles. The van der Waals surface area contributed by atoms with Crippen molar-refractivity contribution in [3.8, 4) is 17.2 Å². The Balaban J connectivity index is 1.39. The normalized spacial score (nSPS) is 16.4. The summed E-state index contributed by atoms with van der Waals surface area (Å²) in [6, 6.07) is 11.9. The van der Waals surface area contributed by atoms with Crippen molar-refractivity contribution in [2.24, 2.45) is 5.92 Å². The van der Waals surface area contributed by atoms with Gasteiger partial charge in [-0.15, -0.1) is 0 Å². The van der Waals surface area contributed by atoms with Crippen molar-refractivity contribution in [3.63, 3.8) is 0 Å². The monoisotopic (exact) mass is 445 g/mol. The van der Waals surface area contributed by atoms with Crippen LogP contribution in [0.1, 0.15) is 36.4 Å². The molecule has 1 atom stereocenters. The van der Waals surface area contributed by atoms with Crippen LogP contribution in [0.2, 0.25) is 0 Å². The molecule has 2 aliphatic rings. The number of carbonyl (C=O) groups excluding carboxylic acids is 1. The molecule has 5 nitrogen and oxygen atoms in total. The largest absolute Gasteiger partial charge is 0.496 e. The molecule has 1 aliphatic heterocycles. The van der Waals surface area contributed by atoms with Gasteiger partial charge >= 0.3 is 0 Å². The summed E-state index contributed by atoms with van der Waals surface area (Å²) in [5, 5.41) is 3.24. The van der Waals surface area contributed by atoms with Crippen molar-refractivity contribution in [3.05, 3.63) is 52.0 Å². The van der Waals surface area contributed by atoms with Crippen LogP contribution in [0.5, 0.6) is 17.2 Å². The summed E-state index contributed by atoms with van der Waals surface area (Å²) in [5.41, 5.74) is 2.19. The number of ether oxygens (including phenoxy) is 3. The Kier molecular flexibility index (Phi) is 5.76. The van der Waals surface area contributed by atoms with Gasteiger partial charge in [0.2, 0.25) is 5.91 Å². The van der Waals surface area contributed by atoms with Crippen LogP contribution < -0.4 is 19.5 Å². The maximum absolute atomic E-state index is 12.6. The molecule has 0 aromatic heterocycles. The van der Waals surface area contributed by atoms with E-state index in [2.05, 4.69) is 21.2 Å². The fraction of sp³-hybridized carbons (Fsp3) is 0.409. The molecule has 2 aromatic rings. The van der Waals surface area contributed by atoms with Gasteiger partial charge in [-0.05, 0) is 76.5 Å². The number of nitrogens with one attached hydrogen (secondary N) is 1. The van der Waals surface area contributed by atoms with Crippen LogP contribution in [-0.2, 0) is 11.2 Å². The summed E-state index contributed by atoms with van der Waals surface area (Å²) in [6.07, 6.45) is 3.43. The molecule has 1 saturated carbocycles. The Bertz CT molecular complexity index is 866. The second-order valence-corrected chi connectivity index (χ2v) is 8.11. The third-order valence-electron chi connectivity index (χ3n) is 5.19. The van der Waals surface area contributed by atoms with Gasteiger partial charge in [-0.2, -0.15) is 0 Å². The third kappa shape index (κ3) is 4.43. The highest BCUT2D eigenvalue weighted by atomic mass is 79.9. The lowest BCUT2D eigenvalue weighted by Gasteiger charge is -2.23. The second-order valence-electron chi connectivity index (χ2n) is 7.25. The number of fused-ring (bicyclic) bond motifs is 1. The highest BCUT2D eigenvalue weighted by Gasteiger charge is 2.34. The number of benzene rings is 2. The lowest BCUT2D eigenvalue weighted by molar-refractivity contribution is -0.122. The molecule has 1 N–H and O–H groups in total. The van der Waals surface area contributed by atoms with Crippen molar-refractivity contribution in [2.75, 3.05) is 20.3 Å². The lowest BCUT2D eigenvalue weighted by atomic mass is 10.0. The zero-order valence-corrected chi connectivity index (χ0v) is 17.5. The van der Waals surface area contributed by atoms with Gasteiger partial charge in [-0.3, -0.25) is 4.79 Å². The SMILES string of the molecule is COc1ccc(CCC(=O)NC(c2ccc3c(c2)OCCO3)C2CC2)cc1Br. The maximum atomic E-state index is 12.6. The molecule has 0 radical (unpaired) electrons. The number of rotatable bonds is 7. The van der Waals surface area contributed by atoms with E-state index in [1.807, 2.05) is 36.4 Å². The van der Waals surface area contributed by atoms with Crippen LogP contribution in [-0.4, -0.2) is 26.2 Å². The minimum absolute atomic E-state index is 0.0333. The molecule has 1 fully saturated rings. The summed E-state index contributed by atoms with van der Waals surface area (Å²) in [4.78, 5) is 12.6. The quantitative estimate of drug-likeness (QED) is 0.684. The standard InChI is InChI=1S/C22H24BrNO4/c1-26-18-7-2-14(12-17(18)23)3-9-21(25)24-22(15-4-5-15)16-6-8-19-20(13-16)28-11-10-27-19/h2,6-8,12-13,15,22H,3-5,9-11H2,1H3,(H,24,25). The van der Waals surface area contributed by atoms with Gasteiger partial charge in [0.1, 0.15) is 19.0 Å². The number of hydrogen-bond acceptors (Lipinski definition) is 4. The topological polar surface area (TPSA) is 56.8 Å². The first-order chi connectivity index (χ1) is 13.6. The number of hydrogen-bond donors (Lipinski definition) is 1. The van der Waals surface area contributed by atoms with Gasteiger partial charge in [0.15, 0.2) is 11.5 Å². The molecule has 0 spiro atoms. The van der Waals surface area contributed by atoms with Crippen molar-refractivity contribution in [1.82, 2.24) is 5.32 Å². The fourth-order valence-corrected chi connectivity index (χ4v) is 4.11. The Morgan fingerprint density at radius 2 is 1.96 bits per heavy atom. The van der Waals surface area contributed by atoms with Gasteiger partial charge in [0.05, 0.1) is 17.6 Å². The van der Waals surface area contributed by atoms with Crippen LogP contribution in [0.25, 0.3) is 0 Å². The zero-order chi connectivity index (χ0) is 19.5. The molecule has 148 valence electrons. The van der Waals surface area contributed by atoms with E-state index in [1.54, 1.807) is 7.11 Å². The maximum Gasteiger partial charge on any atom is 0.220 e. The van der Waals surface area contributed by atoms with E-state index < -0.39 is 0 Å². The lowest BCUT2D eigenvalue weighted by Crippen LogP contribution is -2.30. The van der Waals surface area contributed by atoms with Crippen molar-refractivity contribution >= 4 is 21.8 Å². The molecule has 4 rings (SSSR count). The van der Waals surface area contributed by atoms with Crippen molar-refractivity contribution in [1.29, 1.82) is 0 Å². The van der Waals surface area contributed by atoms with E-state index in [0.717, 1.165) is 45.7 Å². The minimum Gasteiger partial charge on any atom is -0.496 e. The number of halogens is 1. The first-order valence-electron chi connectivity index (χ1n) is 9.65. The van der Waals surface area contributed by atoms with E-state index in [9.17, 15) is 4.79 Å². The van der Waals surface area contributed by atoms with Crippen molar-refractivity contribution < 1.29 is 19.0 Å². The molecule has 6 heteroatoms. The van der Waals surface area contributed by atoms with Crippen LogP contribution in [0.15, 0.2) is 40.9 Å². The number of aryl methyl sites for hydroxylation is 1. The Morgan fingerprint density at radius 3 is 2.68 bits per heavy atom. The van der Waals surface area contributed by atoms with Crippen LogP contribution in [0.3, 0.4) is 0 Å². The molecule has 0 saturated heterocycles. The summed E-state index contributed by atoms with van der Waals surface area (Å²) in [7, 11) is 1.64. The van der Waals surface area contributed by atoms with E-state index >= 15 is 0 Å². The van der Waals surface area contributed by atoms with Crippen LogP contribution in [0.4, 0.5) is 0 Å². The van der Waals surface area contributed by atoms with Gasteiger partial charge in [0, 0.05) is 6.42 Å². The molecular formula is C22H24BrNO4. The number of carbonyl (C=O) groups is 1. The average Bonchev–Trinajstić information content (AvgIpc) is 3.55. The molecule has 1 unspecified atom stereocenters. The molecule has 1 aliphatic carbocycles. The van der Waals surface area contributed by atoms with Crippen LogP contribution >= 0.6 is 15.9 Å². The highest BCUT2D eigenvalue weighted by molar-refractivity contribution is 9.10. The van der Waals surface area contributed by atoms with Gasteiger partial charge in [-0.25, -0.2) is 0 Å². The Labute approximate surface area is 173 Å². The summed E-state index contributed by atoms with van der Waals surface area (Å²) >= 11 is 3.49. The summed E-state index contributed by atoms with van der Waals surface area (Å²) < 4.78 is 17.5. The molecule has 1 amide bonds. The first kappa shape index (κ1) is 19.1. The van der Waals surface area contributed by atoms with E-state index in [0.29, 0.717) is 32.0 Å². The number of methoxy groups -OCH3 is 1. The summed E-state index contributed by atoms with van der Waals surface area (Å²) in [6.45, 7) is 1.14. The predicted molar refractivity (Wildman–Crippen MR) is 110 cm³/mol. The van der Waals surface area contributed by atoms with Gasteiger partial charge < -0.3 is 19.5 Å². The van der Waals surface area contributed by atoms with E-state index in [1.165, 1.54) is 0 Å². The molecule has 1 heterocycles. The zero-order valence-electron chi connectivity index (χ0n) is 15.9.